The van der Waals surface area contributed by atoms with Crippen molar-refractivity contribution in [1.29, 1.82) is 0 Å². The lowest BCUT2D eigenvalue weighted by Crippen LogP contribution is -2.24. The Morgan fingerprint density at radius 1 is 1.15 bits per heavy atom. The van der Waals surface area contributed by atoms with Crippen molar-refractivity contribution < 1.29 is 8.78 Å². The van der Waals surface area contributed by atoms with Gasteiger partial charge in [-0.3, -0.25) is 9.58 Å². The van der Waals surface area contributed by atoms with Gasteiger partial charge in [-0.2, -0.15) is 5.10 Å². The fourth-order valence-electron chi connectivity index (χ4n) is 4.11. The molecule has 1 N–H and O–H groups in total. The maximum absolute atomic E-state index is 13.7. The summed E-state index contributed by atoms with van der Waals surface area (Å²) < 4.78 is 29.1. The summed E-state index contributed by atoms with van der Waals surface area (Å²) in [6, 6.07) is 11.5. The molecule has 2 aromatic carbocycles. The zero-order valence-electron chi connectivity index (χ0n) is 18.1. The molecule has 0 radical (unpaired) electrons. The molecular formula is C25H22F2N6. The fraction of sp³-hybridized carbons (Fsp3) is 0.240. The standard InChI is InChI=1S/C25H22F2N6/c1-3-17-4-5-23-20(8-17)12-28-24(31-23)30-22-10-18(14-33-7-6-25(26,27)16-33)9-19(11-22)21-13-29-32(2)15-21/h1,4-5,8-13,15H,6-7,14,16H2,2H3,(H,28,30,31). The highest BCUT2D eigenvalue weighted by atomic mass is 19.3. The van der Waals surface area contributed by atoms with Crippen LogP contribution in [0, 0.1) is 12.3 Å². The number of nitrogens with one attached hydrogen (secondary N) is 1. The molecule has 0 atom stereocenters. The lowest BCUT2D eigenvalue weighted by atomic mass is 10.0. The number of alkyl halides is 2. The van der Waals surface area contributed by atoms with Gasteiger partial charge in [0, 0.05) is 61.2 Å². The molecule has 0 aliphatic carbocycles. The number of benzene rings is 2. The predicted octanol–water partition coefficient (Wildman–Crippen LogP) is 4.60. The van der Waals surface area contributed by atoms with Crippen molar-refractivity contribution in [2.24, 2.45) is 7.05 Å². The first-order valence-electron chi connectivity index (χ1n) is 10.6. The molecule has 1 fully saturated rings. The summed E-state index contributed by atoms with van der Waals surface area (Å²) in [5.74, 6) is 0.427. The third kappa shape index (κ3) is 4.69. The molecule has 0 amide bonds. The van der Waals surface area contributed by atoms with E-state index in [1.54, 1.807) is 22.0 Å². The Balaban J connectivity index is 1.46. The molecule has 3 heterocycles. The first-order valence-corrected chi connectivity index (χ1v) is 10.6. The number of fused-ring (bicyclic) bond motifs is 1. The summed E-state index contributed by atoms with van der Waals surface area (Å²) in [6.45, 7) is 0.590. The highest BCUT2D eigenvalue weighted by Crippen LogP contribution is 2.31. The normalized spacial score (nSPS) is 15.6. The van der Waals surface area contributed by atoms with Gasteiger partial charge in [-0.25, -0.2) is 18.7 Å². The summed E-state index contributed by atoms with van der Waals surface area (Å²) >= 11 is 0. The maximum atomic E-state index is 13.7. The molecular weight excluding hydrogens is 422 g/mol. The number of rotatable bonds is 5. The molecule has 8 heteroatoms. The van der Waals surface area contributed by atoms with Crippen LogP contribution in [0.3, 0.4) is 0 Å². The topological polar surface area (TPSA) is 58.9 Å². The highest BCUT2D eigenvalue weighted by molar-refractivity contribution is 5.81. The monoisotopic (exact) mass is 444 g/mol. The van der Waals surface area contributed by atoms with Crippen LogP contribution in [0.25, 0.3) is 22.0 Å². The summed E-state index contributed by atoms with van der Waals surface area (Å²) in [7, 11) is 1.85. The molecule has 1 saturated heterocycles. The van der Waals surface area contributed by atoms with E-state index in [9.17, 15) is 8.78 Å². The summed E-state index contributed by atoms with van der Waals surface area (Å²) in [6.07, 6.45) is 10.8. The second-order valence-electron chi connectivity index (χ2n) is 8.37. The van der Waals surface area contributed by atoms with Crippen LogP contribution in [0.5, 0.6) is 0 Å². The number of halogens is 2. The molecule has 0 saturated carbocycles. The SMILES string of the molecule is C#Cc1ccc2nc(Nc3cc(CN4CCC(F)(F)C4)cc(-c4cnn(C)c4)c3)ncc2c1. The Morgan fingerprint density at radius 2 is 2.03 bits per heavy atom. The largest absolute Gasteiger partial charge is 0.324 e. The van der Waals surface area contributed by atoms with Crippen LogP contribution in [0.4, 0.5) is 20.4 Å². The second kappa shape index (κ2) is 8.26. The van der Waals surface area contributed by atoms with Gasteiger partial charge in [-0.15, -0.1) is 6.42 Å². The first kappa shape index (κ1) is 21.0. The third-order valence-corrected chi connectivity index (χ3v) is 5.69. The molecule has 0 unspecified atom stereocenters. The van der Waals surface area contributed by atoms with Crippen LogP contribution >= 0.6 is 0 Å². The molecule has 166 valence electrons. The quantitative estimate of drug-likeness (QED) is 0.456. The van der Waals surface area contributed by atoms with Gasteiger partial charge in [-0.05, 0) is 47.5 Å². The summed E-state index contributed by atoms with van der Waals surface area (Å²) in [5.41, 5.74) is 5.12. The first-order chi connectivity index (χ1) is 15.9. The van der Waals surface area contributed by atoms with E-state index in [1.165, 1.54) is 0 Å². The lowest BCUT2D eigenvalue weighted by Gasteiger charge is -2.17. The minimum atomic E-state index is -2.62. The predicted molar refractivity (Wildman–Crippen MR) is 124 cm³/mol. The number of anilines is 2. The lowest BCUT2D eigenvalue weighted by molar-refractivity contribution is 0.0115. The number of hydrogen-bond acceptors (Lipinski definition) is 5. The van der Waals surface area contributed by atoms with Gasteiger partial charge in [0.2, 0.25) is 5.95 Å². The molecule has 1 aliphatic rings. The zero-order valence-corrected chi connectivity index (χ0v) is 18.1. The van der Waals surface area contributed by atoms with Gasteiger partial charge >= 0.3 is 0 Å². The molecule has 4 aromatic rings. The number of likely N-dealkylation sites (tertiary alicyclic amines) is 1. The van der Waals surface area contributed by atoms with Gasteiger partial charge in [0.15, 0.2) is 0 Å². The van der Waals surface area contributed by atoms with E-state index in [0.29, 0.717) is 19.0 Å². The van der Waals surface area contributed by atoms with Crippen molar-refractivity contribution >= 4 is 22.5 Å². The van der Waals surface area contributed by atoms with Gasteiger partial charge < -0.3 is 5.32 Å². The van der Waals surface area contributed by atoms with Crippen LogP contribution in [0.2, 0.25) is 0 Å². The van der Waals surface area contributed by atoms with Crippen LogP contribution in [0.1, 0.15) is 17.5 Å². The van der Waals surface area contributed by atoms with E-state index in [-0.39, 0.29) is 13.0 Å². The number of hydrogen-bond donors (Lipinski definition) is 1. The maximum Gasteiger partial charge on any atom is 0.261 e. The van der Waals surface area contributed by atoms with Crippen LogP contribution < -0.4 is 5.32 Å². The third-order valence-electron chi connectivity index (χ3n) is 5.69. The highest BCUT2D eigenvalue weighted by Gasteiger charge is 2.37. The molecule has 0 spiro atoms. The molecule has 2 aromatic heterocycles. The van der Waals surface area contributed by atoms with E-state index in [0.717, 1.165) is 38.8 Å². The van der Waals surface area contributed by atoms with Crippen LogP contribution in [0.15, 0.2) is 55.0 Å². The van der Waals surface area contributed by atoms with Crippen LogP contribution in [-0.4, -0.2) is 43.7 Å². The summed E-state index contributed by atoms with van der Waals surface area (Å²) in [4.78, 5) is 10.8. The fourth-order valence-corrected chi connectivity index (χ4v) is 4.11. The van der Waals surface area contributed by atoms with Crippen molar-refractivity contribution in [3.8, 4) is 23.5 Å². The average molecular weight is 444 g/mol. The van der Waals surface area contributed by atoms with E-state index in [1.807, 2.05) is 49.6 Å². The second-order valence-corrected chi connectivity index (χ2v) is 8.37. The Hall–Kier alpha value is -3.83. The van der Waals surface area contributed by atoms with E-state index < -0.39 is 5.92 Å². The van der Waals surface area contributed by atoms with Crippen molar-refractivity contribution in [3.05, 3.63) is 66.1 Å². The number of aryl methyl sites for hydroxylation is 1. The van der Waals surface area contributed by atoms with Crippen molar-refractivity contribution in [2.45, 2.75) is 18.9 Å². The number of nitrogens with zero attached hydrogens (tertiary/aromatic N) is 5. The molecule has 6 nitrogen and oxygen atoms in total. The van der Waals surface area contributed by atoms with E-state index >= 15 is 0 Å². The molecule has 33 heavy (non-hydrogen) atoms. The minimum Gasteiger partial charge on any atom is -0.324 e. The Kier molecular flexibility index (Phi) is 5.27. The van der Waals surface area contributed by atoms with Gasteiger partial charge in [0.1, 0.15) is 0 Å². The Morgan fingerprint density at radius 3 is 2.76 bits per heavy atom. The average Bonchev–Trinajstić information content (AvgIpc) is 3.37. The number of terminal acetylenes is 1. The van der Waals surface area contributed by atoms with Crippen LogP contribution in [-0.2, 0) is 13.6 Å². The smallest absolute Gasteiger partial charge is 0.261 e. The molecule has 1 aliphatic heterocycles. The van der Waals surface area contributed by atoms with Crippen molar-refractivity contribution in [1.82, 2.24) is 24.6 Å². The number of aromatic nitrogens is 4. The Bertz CT molecular complexity index is 1370. The minimum absolute atomic E-state index is 0.104. The van der Waals surface area contributed by atoms with Crippen molar-refractivity contribution in [3.63, 3.8) is 0 Å². The zero-order chi connectivity index (χ0) is 23.0. The van der Waals surface area contributed by atoms with Gasteiger partial charge in [-0.1, -0.05) is 5.92 Å². The molecule has 5 rings (SSSR count). The van der Waals surface area contributed by atoms with E-state index in [4.69, 9.17) is 6.42 Å². The molecule has 0 bridgehead atoms. The van der Waals surface area contributed by atoms with E-state index in [2.05, 4.69) is 26.3 Å². The Labute approximate surface area is 190 Å². The summed E-state index contributed by atoms with van der Waals surface area (Å²) in [5, 5.41) is 8.38. The van der Waals surface area contributed by atoms with Gasteiger partial charge in [0.05, 0.1) is 18.3 Å². The van der Waals surface area contributed by atoms with Crippen molar-refractivity contribution in [2.75, 3.05) is 18.4 Å². The van der Waals surface area contributed by atoms with Gasteiger partial charge in [0.25, 0.3) is 5.92 Å².